The molecule has 0 aliphatic carbocycles. The fourth-order valence-electron chi connectivity index (χ4n) is 2.29. The molecule has 0 unspecified atom stereocenters. The van der Waals surface area contributed by atoms with Gasteiger partial charge < -0.3 is 15.0 Å². The number of ether oxygens (including phenoxy) is 1. The Morgan fingerprint density at radius 1 is 1.00 bits per heavy atom. The second kappa shape index (κ2) is 10.1. The van der Waals surface area contributed by atoms with E-state index in [0.717, 1.165) is 11.3 Å². The Bertz CT molecular complexity index is 828. The summed E-state index contributed by atoms with van der Waals surface area (Å²) in [7, 11) is 3.90. The van der Waals surface area contributed by atoms with Crippen molar-refractivity contribution in [1.29, 1.82) is 0 Å². The molecule has 2 rings (SSSR count). The quantitative estimate of drug-likeness (QED) is 0.543. The average molecular weight is 382 g/mol. The number of anilines is 2. The molecule has 0 saturated heterocycles. The van der Waals surface area contributed by atoms with E-state index in [4.69, 9.17) is 4.74 Å². The normalized spacial score (nSPS) is 10.9. The molecule has 2 N–H and O–H groups in total. The summed E-state index contributed by atoms with van der Waals surface area (Å²) in [5.74, 6) is 0.0183. The second-order valence-corrected chi connectivity index (χ2v) is 6.65. The van der Waals surface area contributed by atoms with Crippen LogP contribution in [-0.2, 0) is 9.59 Å². The summed E-state index contributed by atoms with van der Waals surface area (Å²) < 4.78 is 5.38. The van der Waals surface area contributed by atoms with E-state index in [1.165, 1.54) is 0 Å². The van der Waals surface area contributed by atoms with Gasteiger partial charge in [-0.3, -0.25) is 9.59 Å². The van der Waals surface area contributed by atoms with Crippen LogP contribution in [0.15, 0.2) is 53.6 Å². The third-order valence-electron chi connectivity index (χ3n) is 3.85. The number of benzene rings is 2. The Hall–Kier alpha value is -3.35. The molecule has 0 fully saturated rings. The van der Waals surface area contributed by atoms with Crippen molar-refractivity contribution in [3.8, 4) is 5.75 Å². The van der Waals surface area contributed by atoms with Crippen LogP contribution in [0.1, 0.15) is 18.9 Å². The van der Waals surface area contributed by atoms with Crippen LogP contribution < -0.4 is 20.4 Å². The Morgan fingerprint density at radius 3 is 2.25 bits per heavy atom. The van der Waals surface area contributed by atoms with Crippen LogP contribution in [0.5, 0.6) is 5.75 Å². The van der Waals surface area contributed by atoms with E-state index in [1.807, 2.05) is 62.3 Å². The summed E-state index contributed by atoms with van der Waals surface area (Å²) in [5, 5.41) is 6.74. The van der Waals surface area contributed by atoms with E-state index < -0.39 is 0 Å². The number of nitrogens with zero attached hydrogens (tertiary/aromatic N) is 2. The second-order valence-electron chi connectivity index (χ2n) is 6.65. The number of hydrogen-bond acceptors (Lipinski definition) is 5. The Kier molecular flexibility index (Phi) is 7.56. The SMILES string of the molecule is C/C(CC(=O)Nc1ccc(N(C)C)cc1)=N/NC(=O)COc1ccc(C)cc1. The first kappa shape index (κ1) is 21.0. The largest absolute Gasteiger partial charge is 0.484 e. The van der Waals surface area contributed by atoms with Crippen molar-refractivity contribution in [2.45, 2.75) is 20.3 Å². The molecule has 7 nitrogen and oxygen atoms in total. The van der Waals surface area contributed by atoms with E-state index in [2.05, 4.69) is 15.8 Å². The number of aryl methyl sites for hydroxylation is 1. The summed E-state index contributed by atoms with van der Waals surface area (Å²) >= 11 is 0. The van der Waals surface area contributed by atoms with E-state index in [9.17, 15) is 9.59 Å². The molecule has 0 atom stereocenters. The van der Waals surface area contributed by atoms with Gasteiger partial charge in [-0.15, -0.1) is 0 Å². The summed E-state index contributed by atoms with van der Waals surface area (Å²) in [6.07, 6.45) is 0.0779. The molecule has 0 aromatic heterocycles. The lowest BCUT2D eigenvalue weighted by Gasteiger charge is -2.13. The van der Waals surface area contributed by atoms with E-state index in [0.29, 0.717) is 17.1 Å². The molecule has 2 aromatic carbocycles. The molecular weight excluding hydrogens is 356 g/mol. The standard InChI is InChI=1S/C21H26N4O3/c1-15-5-11-19(12-6-15)28-14-21(27)24-23-16(2)13-20(26)22-17-7-9-18(10-8-17)25(3)4/h5-12H,13-14H2,1-4H3,(H,22,26)(H,24,27)/b23-16-. The molecule has 28 heavy (non-hydrogen) atoms. The number of nitrogens with one attached hydrogen (secondary N) is 2. The lowest BCUT2D eigenvalue weighted by Crippen LogP contribution is -2.26. The molecule has 2 aromatic rings. The van der Waals surface area contributed by atoms with Gasteiger partial charge in [0.15, 0.2) is 6.61 Å². The third-order valence-corrected chi connectivity index (χ3v) is 3.85. The molecule has 0 spiro atoms. The van der Waals surface area contributed by atoms with Gasteiger partial charge in [0.05, 0.1) is 6.42 Å². The highest BCUT2D eigenvalue weighted by Crippen LogP contribution is 2.15. The van der Waals surface area contributed by atoms with Gasteiger partial charge in [-0.05, 0) is 50.2 Å². The highest BCUT2D eigenvalue weighted by molar-refractivity contribution is 6.05. The van der Waals surface area contributed by atoms with Gasteiger partial charge in [0.2, 0.25) is 5.91 Å². The first-order valence-electron chi connectivity index (χ1n) is 8.92. The van der Waals surface area contributed by atoms with Gasteiger partial charge in [-0.1, -0.05) is 17.7 Å². The number of hydrazone groups is 1. The monoisotopic (exact) mass is 382 g/mol. The predicted molar refractivity (Wildman–Crippen MR) is 112 cm³/mol. The van der Waals surface area contributed by atoms with Gasteiger partial charge in [0, 0.05) is 31.2 Å². The van der Waals surface area contributed by atoms with Crippen molar-refractivity contribution in [2.75, 3.05) is 30.9 Å². The zero-order valence-electron chi connectivity index (χ0n) is 16.7. The van der Waals surface area contributed by atoms with Crippen molar-refractivity contribution in [3.63, 3.8) is 0 Å². The number of hydrogen-bond donors (Lipinski definition) is 2. The van der Waals surface area contributed by atoms with Crippen LogP contribution in [0.4, 0.5) is 11.4 Å². The van der Waals surface area contributed by atoms with E-state index >= 15 is 0 Å². The topological polar surface area (TPSA) is 83.0 Å². The number of rotatable bonds is 8. The Labute approximate surface area is 165 Å². The van der Waals surface area contributed by atoms with Gasteiger partial charge in [-0.25, -0.2) is 5.43 Å². The fraction of sp³-hybridized carbons (Fsp3) is 0.286. The lowest BCUT2D eigenvalue weighted by molar-refractivity contribution is -0.123. The number of amides is 2. The van der Waals surface area contributed by atoms with Crippen LogP contribution >= 0.6 is 0 Å². The predicted octanol–water partition coefficient (Wildman–Crippen LogP) is 2.96. The van der Waals surface area contributed by atoms with Gasteiger partial charge >= 0.3 is 0 Å². The van der Waals surface area contributed by atoms with E-state index in [-0.39, 0.29) is 24.8 Å². The fourth-order valence-corrected chi connectivity index (χ4v) is 2.29. The molecule has 0 aliphatic rings. The highest BCUT2D eigenvalue weighted by Gasteiger charge is 2.07. The molecule has 0 heterocycles. The molecule has 0 radical (unpaired) electrons. The molecule has 148 valence electrons. The van der Waals surface area contributed by atoms with Crippen LogP contribution in [0.25, 0.3) is 0 Å². The molecule has 0 bridgehead atoms. The zero-order valence-corrected chi connectivity index (χ0v) is 16.7. The molecule has 0 aliphatic heterocycles. The molecule has 0 saturated carbocycles. The first-order valence-corrected chi connectivity index (χ1v) is 8.92. The highest BCUT2D eigenvalue weighted by atomic mass is 16.5. The molecule has 7 heteroatoms. The summed E-state index contributed by atoms with van der Waals surface area (Å²) in [6.45, 7) is 3.50. The lowest BCUT2D eigenvalue weighted by atomic mass is 10.2. The smallest absolute Gasteiger partial charge is 0.277 e. The summed E-state index contributed by atoms with van der Waals surface area (Å²) in [4.78, 5) is 25.9. The Balaban J connectivity index is 1.75. The van der Waals surface area contributed by atoms with Gasteiger partial charge in [-0.2, -0.15) is 5.10 Å². The summed E-state index contributed by atoms with van der Waals surface area (Å²) in [5.41, 5.74) is 5.75. The van der Waals surface area contributed by atoms with Crippen molar-refractivity contribution < 1.29 is 14.3 Å². The molecule has 2 amide bonds. The first-order chi connectivity index (χ1) is 13.3. The van der Waals surface area contributed by atoms with E-state index in [1.54, 1.807) is 19.1 Å². The maximum atomic E-state index is 12.1. The molecular formula is C21H26N4O3. The average Bonchev–Trinajstić information content (AvgIpc) is 2.66. The van der Waals surface area contributed by atoms with Gasteiger partial charge in [0.1, 0.15) is 5.75 Å². The van der Waals surface area contributed by atoms with Crippen LogP contribution in [-0.4, -0.2) is 38.2 Å². The maximum Gasteiger partial charge on any atom is 0.277 e. The van der Waals surface area contributed by atoms with Crippen molar-refractivity contribution in [2.24, 2.45) is 5.10 Å². The van der Waals surface area contributed by atoms with Gasteiger partial charge in [0.25, 0.3) is 5.91 Å². The van der Waals surface area contributed by atoms with Crippen molar-refractivity contribution >= 4 is 28.9 Å². The van der Waals surface area contributed by atoms with Crippen molar-refractivity contribution in [1.82, 2.24) is 5.43 Å². The van der Waals surface area contributed by atoms with Crippen LogP contribution in [0, 0.1) is 6.92 Å². The van der Waals surface area contributed by atoms with Crippen LogP contribution in [0.3, 0.4) is 0 Å². The minimum atomic E-state index is -0.389. The maximum absolute atomic E-state index is 12.1. The third kappa shape index (κ3) is 7.11. The van der Waals surface area contributed by atoms with Crippen LogP contribution in [0.2, 0.25) is 0 Å². The Morgan fingerprint density at radius 2 is 1.64 bits per heavy atom. The number of carbonyl (C=O) groups is 2. The number of carbonyl (C=O) groups excluding carboxylic acids is 2. The zero-order chi connectivity index (χ0) is 20.5. The summed E-state index contributed by atoms with van der Waals surface area (Å²) in [6, 6.07) is 14.9. The minimum absolute atomic E-state index is 0.0779. The minimum Gasteiger partial charge on any atom is -0.484 e. The van der Waals surface area contributed by atoms with Crippen molar-refractivity contribution in [3.05, 3.63) is 54.1 Å².